The smallest absolute Gasteiger partial charge is 0.348 e. The Balaban J connectivity index is 1.68. The molecule has 7 heteroatoms. The van der Waals surface area contributed by atoms with Crippen LogP contribution in [0.5, 0.6) is 5.75 Å². The van der Waals surface area contributed by atoms with Crippen molar-refractivity contribution in [2.75, 3.05) is 13.7 Å². The maximum atomic E-state index is 11.6. The van der Waals surface area contributed by atoms with Gasteiger partial charge in [0.1, 0.15) is 10.6 Å². The molecule has 0 amide bonds. The van der Waals surface area contributed by atoms with Gasteiger partial charge in [0.25, 0.3) is 0 Å². The lowest BCUT2D eigenvalue weighted by Crippen LogP contribution is -2.10. The lowest BCUT2D eigenvalue weighted by Gasteiger charge is -2.19. The lowest BCUT2D eigenvalue weighted by atomic mass is 9.86. The van der Waals surface area contributed by atoms with Gasteiger partial charge in [0.2, 0.25) is 0 Å². The number of esters is 1. The fourth-order valence-corrected chi connectivity index (χ4v) is 5.45. The van der Waals surface area contributed by atoms with E-state index in [4.69, 9.17) is 17.0 Å². The topological polar surface area (TPSA) is 58.9 Å². The molecule has 32 heavy (non-hydrogen) atoms. The number of thiophene rings is 2. The first-order valence-corrected chi connectivity index (χ1v) is 12.3. The molecule has 0 saturated heterocycles. The number of hydrogen-bond donors (Lipinski definition) is 1. The number of rotatable bonds is 7. The van der Waals surface area contributed by atoms with E-state index < -0.39 is 0 Å². The number of carbonyl (C=O) groups is 1. The molecule has 0 aliphatic heterocycles. The summed E-state index contributed by atoms with van der Waals surface area (Å²) in [7, 11) is 1.37. The number of benzene rings is 1. The molecule has 2 heterocycles. The van der Waals surface area contributed by atoms with Gasteiger partial charge in [-0.1, -0.05) is 57.3 Å². The van der Waals surface area contributed by atoms with Crippen LogP contribution in [0.25, 0.3) is 10.4 Å². The average Bonchev–Trinajstić information content (AvgIpc) is 3.37. The number of carbonyl (C=O) groups excluding carboxylic acids is 1. The van der Waals surface area contributed by atoms with Gasteiger partial charge in [0.15, 0.2) is 0 Å². The highest BCUT2D eigenvalue weighted by Crippen LogP contribution is 2.39. The molecular formula is C25H27NO3S3. The molecule has 1 N–H and O–H groups in total. The van der Waals surface area contributed by atoms with E-state index in [1.165, 1.54) is 35.3 Å². The summed E-state index contributed by atoms with van der Waals surface area (Å²) in [4.78, 5) is 19.4. The summed E-state index contributed by atoms with van der Waals surface area (Å²) in [5.74, 6) is -0.0792. The van der Waals surface area contributed by atoms with Gasteiger partial charge in [-0.15, -0.1) is 22.7 Å². The summed E-state index contributed by atoms with van der Waals surface area (Å²) in [5.41, 5.74) is 3.83. The first kappa shape index (κ1) is 24.3. The van der Waals surface area contributed by atoms with Gasteiger partial charge < -0.3 is 9.84 Å². The highest BCUT2D eigenvalue weighted by molar-refractivity contribution is 7.80. The normalized spacial score (nSPS) is 12.1. The van der Waals surface area contributed by atoms with Crippen LogP contribution >= 0.6 is 34.9 Å². The zero-order valence-corrected chi connectivity index (χ0v) is 21.3. The molecule has 3 rings (SSSR count). The Morgan fingerprint density at radius 1 is 1.16 bits per heavy atom. The molecule has 0 radical (unpaired) electrons. The second kappa shape index (κ2) is 10.1. The number of methoxy groups -OCH3 is 1. The van der Waals surface area contributed by atoms with Crippen molar-refractivity contribution in [3.63, 3.8) is 0 Å². The molecule has 168 valence electrons. The largest absolute Gasteiger partial charge is 0.506 e. The molecule has 4 nitrogen and oxygen atoms in total. The monoisotopic (exact) mass is 485 g/mol. The second-order valence-corrected chi connectivity index (χ2v) is 11.2. The molecular weight excluding hydrogens is 458 g/mol. The molecule has 3 aromatic rings. The fraction of sp³-hybridized carbons (Fsp3) is 0.320. The van der Waals surface area contributed by atoms with E-state index in [0.29, 0.717) is 17.8 Å². The molecule has 0 unspecified atom stereocenters. The number of aromatic hydroxyl groups is 1. The van der Waals surface area contributed by atoms with E-state index in [-0.39, 0.29) is 17.1 Å². The number of thiocarbonyl (C=S) groups is 1. The molecule has 1 aromatic carbocycles. The van der Waals surface area contributed by atoms with Crippen molar-refractivity contribution in [1.29, 1.82) is 0 Å². The first-order valence-electron chi connectivity index (χ1n) is 10.2. The van der Waals surface area contributed by atoms with E-state index in [1.807, 2.05) is 18.4 Å². The van der Waals surface area contributed by atoms with Crippen molar-refractivity contribution in [1.82, 2.24) is 0 Å². The zero-order chi connectivity index (χ0) is 23.5. The van der Waals surface area contributed by atoms with Gasteiger partial charge in [-0.25, -0.2) is 4.79 Å². The molecule has 2 aromatic heterocycles. The zero-order valence-electron chi connectivity index (χ0n) is 18.9. The van der Waals surface area contributed by atoms with Gasteiger partial charge in [0, 0.05) is 32.8 Å². The quantitative estimate of drug-likeness (QED) is 0.230. The van der Waals surface area contributed by atoms with E-state index in [1.54, 1.807) is 6.07 Å². The van der Waals surface area contributed by atoms with Crippen molar-refractivity contribution in [3.8, 4) is 16.2 Å². The van der Waals surface area contributed by atoms with Crippen molar-refractivity contribution >= 4 is 51.4 Å². The molecule has 0 atom stereocenters. The van der Waals surface area contributed by atoms with Crippen LogP contribution in [0.2, 0.25) is 0 Å². The van der Waals surface area contributed by atoms with Crippen LogP contribution in [0, 0.1) is 0 Å². The predicted molar refractivity (Wildman–Crippen MR) is 139 cm³/mol. The minimum Gasteiger partial charge on any atom is -0.506 e. The Labute approximate surface area is 202 Å². The Morgan fingerprint density at radius 2 is 1.84 bits per heavy atom. The van der Waals surface area contributed by atoms with Gasteiger partial charge in [-0.05, 0) is 35.6 Å². The number of nitrogens with zero attached hydrogens (tertiary/aromatic N) is 1. The van der Waals surface area contributed by atoms with Crippen LogP contribution in [0.1, 0.15) is 53.4 Å². The molecule has 0 spiro atoms. The van der Waals surface area contributed by atoms with Crippen LogP contribution < -0.4 is 0 Å². The summed E-state index contributed by atoms with van der Waals surface area (Å²) in [6.45, 7) is 8.82. The maximum absolute atomic E-state index is 11.6. The number of hydrogen-bond acceptors (Lipinski definition) is 7. The summed E-state index contributed by atoms with van der Waals surface area (Å²) >= 11 is 8.38. The van der Waals surface area contributed by atoms with E-state index in [2.05, 4.69) is 50.0 Å². The molecule has 0 bridgehead atoms. The van der Waals surface area contributed by atoms with E-state index in [9.17, 15) is 9.90 Å². The third-order valence-corrected chi connectivity index (χ3v) is 7.44. The van der Waals surface area contributed by atoms with Crippen LogP contribution in [0.3, 0.4) is 0 Å². The molecule has 0 fully saturated rings. The lowest BCUT2D eigenvalue weighted by molar-refractivity contribution is 0.0606. The van der Waals surface area contributed by atoms with Crippen molar-refractivity contribution in [3.05, 3.63) is 62.7 Å². The van der Waals surface area contributed by atoms with Gasteiger partial charge in [0.05, 0.1) is 18.5 Å². The molecule has 0 saturated carbocycles. The number of ether oxygens (including phenoxy) is 1. The standard InChI is InChI=1S/C25H27NO3S3/c1-15(26-13-18(30)12-19-10-11-21(32-19)24(28)29-5)20-14-31-23(22(20)27)16-6-8-17(9-7-16)25(2,3)4/h6-11,14,27H,12-13H2,1-5H3. The summed E-state index contributed by atoms with van der Waals surface area (Å²) in [6, 6.07) is 12.0. The minimum absolute atomic E-state index is 0.0901. The van der Waals surface area contributed by atoms with Crippen LogP contribution in [-0.4, -0.2) is 35.3 Å². The fourth-order valence-electron chi connectivity index (χ4n) is 3.16. The molecule has 0 aliphatic rings. The molecule has 0 aliphatic carbocycles. The predicted octanol–water partition coefficient (Wildman–Crippen LogP) is 6.69. The van der Waals surface area contributed by atoms with Crippen LogP contribution in [0.4, 0.5) is 0 Å². The summed E-state index contributed by atoms with van der Waals surface area (Å²) in [5, 5.41) is 12.8. The number of aliphatic imine (C=N–C) groups is 1. The Kier molecular flexibility index (Phi) is 7.64. The van der Waals surface area contributed by atoms with Gasteiger partial charge in [-0.2, -0.15) is 0 Å². The summed E-state index contributed by atoms with van der Waals surface area (Å²) in [6.07, 6.45) is 0.578. The highest BCUT2D eigenvalue weighted by Gasteiger charge is 2.17. The third-order valence-electron chi connectivity index (χ3n) is 5.08. The van der Waals surface area contributed by atoms with Crippen LogP contribution in [-0.2, 0) is 16.6 Å². The average molecular weight is 486 g/mol. The highest BCUT2D eigenvalue weighted by atomic mass is 32.1. The maximum Gasteiger partial charge on any atom is 0.348 e. The van der Waals surface area contributed by atoms with Gasteiger partial charge in [-0.3, -0.25) is 4.99 Å². The Hall–Kier alpha value is -2.35. The van der Waals surface area contributed by atoms with Crippen LogP contribution in [0.15, 0.2) is 46.8 Å². The second-order valence-electron chi connectivity index (χ2n) is 8.53. The first-order chi connectivity index (χ1) is 15.1. The van der Waals surface area contributed by atoms with E-state index in [0.717, 1.165) is 31.5 Å². The SMILES string of the molecule is COC(=O)c1ccc(CC(=S)CN=C(C)c2csc(-c3ccc(C(C)(C)C)cc3)c2O)s1. The third kappa shape index (κ3) is 5.71. The van der Waals surface area contributed by atoms with Crippen molar-refractivity contribution in [2.45, 2.75) is 39.5 Å². The Morgan fingerprint density at radius 3 is 2.47 bits per heavy atom. The van der Waals surface area contributed by atoms with Crippen molar-refractivity contribution < 1.29 is 14.6 Å². The summed E-state index contributed by atoms with van der Waals surface area (Å²) < 4.78 is 4.74. The van der Waals surface area contributed by atoms with E-state index >= 15 is 0 Å². The Bertz CT molecular complexity index is 1150. The minimum atomic E-state index is -0.335. The van der Waals surface area contributed by atoms with Gasteiger partial charge >= 0.3 is 5.97 Å². The van der Waals surface area contributed by atoms with Crippen molar-refractivity contribution in [2.24, 2.45) is 4.99 Å².